The van der Waals surface area contributed by atoms with Crippen molar-refractivity contribution in [3.63, 3.8) is 0 Å². The summed E-state index contributed by atoms with van der Waals surface area (Å²) in [7, 11) is 3.16. The Morgan fingerprint density at radius 2 is 2.07 bits per heavy atom. The van der Waals surface area contributed by atoms with Gasteiger partial charge in [-0.25, -0.2) is 0 Å². The highest BCUT2D eigenvalue weighted by molar-refractivity contribution is 7.99. The van der Waals surface area contributed by atoms with Crippen molar-refractivity contribution in [2.24, 2.45) is 0 Å². The number of hydrogen-bond donors (Lipinski definition) is 1. The molecular weight excluding hydrogens is 380 g/mol. The number of hydrogen-bond acceptors (Lipinski definition) is 7. The van der Waals surface area contributed by atoms with Crippen molar-refractivity contribution in [3.05, 3.63) is 42.2 Å². The molecule has 1 amide bonds. The van der Waals surface area contributed by atoms with E-state index in [1.54, 1.807) is 26.5 Å². The molecule has 0 saturated heterocycles. The first-order chi connectivity index (χ1) is 13.7. The average molecular weight is 402 g/mol. The van der Waals surface area contributed by atoms with Crippen molar-refractivity contribution < 1.29 is 18.7 Å². The van der Waals surface area contributed by atoms with Gasteiger partial charge in [0.1, 0.15) is 0 Å². The maximum atomic E-state index is 12.3. The second-order valence-electron chi connectivity index (χ2n) is 5.75. The lowest BCUT2D eigenvalue weighted by Crippen LogP contribution is -2.25. The standard InChI is InChI=1S/C19H22N4O4S/c1-4-23-18(15-9-6-10-27-15)21-22-19(23)28-12-16(24)20-11-13-7-5-8-14(25-2)17(13)26-3/h5-10H,4,11-12H2,1-3H3,(H,20,24). The molecule has 0 radical (unpaired) electrons. The number of rotatable bonds is 9. The maximum Gasteiger partial charge on any atom is 0.230 e. The Hall–Kier alpha value is -2.94. The largest absolute Gasteiger partial charge is 0.493 e. The van der Waals surface area contributed by atoms with Crippen LogP contribution < -0.4 is 14.8 Å². The molecular formula is C19H22N4O4S. The maximum absolute atomic E-state index is 12.3. The third kappa shape index (κ3) is 4.30. The van der Waals surface area contributed by atoms with Gasteiger partial charge in [-0.15, -0.1) is 10.2 Å². The first kappa shape index (κ1) is 19.8. The molecule has 0 aliphatic carbocycles. The lowest BCUT2D eigenvalue weighted by molar-refractivity contribution is -0.118. The van der Waals surface area contributed by atoms with Crippen molar-refractivity contribution in [3.8, 4) is 23.1 Å². The summed E-state index contributed by atoms with van der Waals surface area (Å²) in [6.45, 7) is 3.01. The Labute approximate surface area is 167 Å². The number of nitrogens with one attached hydrogen (secondary N) is 1. The molecule has 2 aromatic heterocycles. The van der Waals surface area contributed by atoms with Gasteiger partial charge in [0.15, 0.2) is 28.2 Å². The second kappa shape index (κ2) is 9.32. The highest BCUT2D eigenvalue weighted by atomic mass is 32.2. The quantitative estimate of drug-likeness (QED) is 0.550. The number of amides is 1. The first-order valence-corrected chi connectivity index (χ1v) is 9.72. The van der Waals surface area contributed by atoms with Gasteiger partial charge >= 0.3 is 0 Å². The van der Waals surface area contributed by atoms with E-state index < -0.39 is 0 Å². The van der Waals surface area contributed by atoms with Gasteiger partial charge in [-0.05, 0) is 25.1 Å². The minimum absolute atomic E-state index is 0.111. The summed E-state index contributed by atoms with van der Waals surface area (Å²) in [5.74, 6) is 2.66. The number of aromatic nitrogens is 3. The zero-order valence-electron chi connectivity index (χ0n) is 16.0. The number of nitrogens with zero attached hydrogens (tertiary/aromatic N) is 3. The molecule has 3 aromatic rings. The predicted molar refractivity (Wildman–Crippen MR) is 106 cm³/mol. The highest BCUT2D eigenvalue weighted by Crippen LogP contribution is 2.30. The summed E-state index contributed by atoms with van der Waals surface area (Å²) in [5, 5.41) is 11.9. The molecule has 9 heteroatoms. The molecule has 0 unspecified atom stereocenters. The van der Waals surface area contributed by atoms with Gasteiger partial charge in [0.25, 0.3) is 0 Å². The van der Waals surface area contributed by atoms with Crippen LogP contribution in [0.5, 0.6) is 11.5 Å². The van der Waals surface area contributed by atoms with Gasteiger partial charge in [0.2, 0.25) is 5.91 Å². The van der Waals surface area contributed by atoms with Gasteiger partial charge in [0.05, 0.1) is 26.2 Å². The minimum atomic E-state index is -0.111. The SMILES string of the molecule is CCn1c(SCC(=O)NCc2cccc(OC)c2OC)nnc1-c1ccco1. The minimum Gasteiger partial charge on any atom is -0.493 e. The molecule has 0 spiro atoms. The Morgan fingerprint density at radius 3 is 2.75 bits per heavy atom. The summed E-state index contributed by atoms with van der Waals surface area (Å²) in [6.07, 6.45) is 1.59. The topological polar surface area (TPSA) is 91.4 Å². The van der Waals surface area contributed by atoms with Gasteiger partial charge < -0.3 is 19.2 Å². The van der Waals surface area contributed by atoms with Crippen molar-refractivity contribution >= 4 is 17.7 Å². The van der Waals surface area contributed by atoms with Crippen molar-refractivity contribution in [1.29, 1.82) is 0 Å². The van der Waals surface area contributed by atoms with Crippen LogP contribution in [0.2, 0.25) is 0 Å². The summed E-state index contributed by atoms with van der Waals surface area (Å²) >= 11 is 1.33. The summed E-state index contributed by atoms with van der Waals surface area (Å²) in [4.78, 5) is 12.3. The van der Waals surface area contributed by atoms with Crippen LogP contribution in [0.25, 0.3) is 11.6 Å². The zero-order chi connectivity index (χ0) is 19.9. The number of methoxy groups -OCH3 is 2. The van der Waals surface area contributed by atoms with E-state index in [1.807, 2.05) is 35.8 Å². The van der Waals surface area contributed by atoms with Crippen LogP contribution in [0.4, 0.5) is 0 Å². The lowest BCUT2D eigenvalue weighted by atomic mass is 10.2. The van der Waals surface area contributed by atoms with E-state index in [-0.39, 0.29) is 11.7 Å². The molecule has 0 saturated carbocycles. The van der Waals surface area contributed by atoms with E-state index in [0.717, 1.165) is 5.56 Å². The summed E-state index contributed by atoms with van der Waals surface area (Å²) < 4.78 is 18.0. The molecule has 28 heavy (non-hydrogen) atoms. The van der Waals surface area contributed by atoms with Crippen LogP contribution in [-0.2, 0) is 17.9 Å². The van der Waals surface area contributed by atoms with Crippen LogP contribution in [0.3, 0.4) is 0 Å². The predicted octanol–water partition coefficient (Wildman–Crippen LogP) is 2.98. The number of benzene rings is 1. The van der Waals surface area contributed by atoms with Crippen LogP contribution >= 0.6 is 11.8 Å². The van der Waals surface area contributed by atoms with E-state index in [0.29, 0.717) is 41.3 Å². The monoisotopic (exact) mass is 402 g/mol. The van der Waals surface area contributed by atoms with Crippen molar-refractivity contribution in [2.75, 3.05) is 20.0 Å². The van der Waals surface area contributed by atoms with Gasteiger partial charge in [0, 0.05) is 18.7 Å². The fourth-order valence-corrected chi connectivity index (χ4v) is 3.57. The van der Waals surface area contributed by atoms with Crippen LogP contribution in [0, 0.1) is 0 Å². The molecule has 8 nitrogen and oxygen atoms in total. The number of ether oxygens (including phenoxy) is 2. The van der Waals surface area contributed by atoms with E-state index >= 15 is 0 Å². The normalized spacial score (nSPS) is 10.7. The van der Waals surface area contributed by atoms with Crippen molar-refractivity contribution in [1.82, 2.24) is 20.1 Å². The van der Waals surface area contributed by atoms with Crippen LogP contribution in [0.15, 0.2) is 46.2 Å². The number of carbonyl (C=O) groups excluding carboxylic acids is 1. The molecule has 0 fully saturated rings. The highest BCUT2D eigenvalue weighted by Gasteiger charge is 2.16. The molecule has 0 atom stereocenters. The molecule has 0 bridgehead atoms. The number of carbonyl (C=O) groups is 1. The number of para-hydroxylation sites is 1. The van der Waals surface area contributed by atoms with Crippen molar-refractivity contribution in [2.45, 2.75) is 25.2 Å². The lowest BCUT2D eigenvalue weighted by Gasteiger charge is -2.13. The van der Waals surface area contributed by atoms with E-state index in [9.17, 15) is 4.79 Å². The van der Waals surface area contributed by atoms with Crippen LogP contribution in [-0.4, -0.2) is 40.6 Å². The first-order valence-electron chi connectivity index (χ1n) is 8.74. The molecule has 0 aliphatic rings. The molecule has 2 heterocycles. The molecule has 148 valence electrons. The smallest absolute Gasteiger partial charge is 0.230 e. The Kier molecular flexibility index (Phi) is 6.59. The van der Waals surface area contributed by atoms with E-state index in [2.05, 4.69) is 15.5 Å². The molecule has 1 aromatic carbocycles. The van der Waals surface area contributed by atoms with E-state index in [4.69, 9.17) is 13.9 Å². The Morgan fingerprint density at radius 1 is 1.21 bits per heavy atom. The third-order valence-corrected chi connectivity index (χ3v) is 5.03. The third-order valence-electron chi connectivity index (χ3n) is 4.07. The van der Waals surface area contributed by atoms with E-state index in [1.165, 1.54) is 11.8 Å². The molecule has 0 aliphatic heterocycles. The fraction of sp³-hybridized carbons (Fsp3) is 0.316. The van der Waals surface area contributed by atoms with Crippen LogP contribution in [0.1, 0.15) is 12.5 Å². The van der Waals surface area contributed by atoms with Gasteiger partial charge in [-0.3, -0.25) is 9.36 Å². The number of thioether (sulfide) groups is 1. The summed E-state index contributed by atoms with van der Waals surface area (Å²) in [6, 6.07) is 9.19. The number of furan rings is 1. The zero-order valence-corrected chi connectivity index (χ0v) is 16.8. The van der Waals surface area contributed by atoms with Gasteiger partial charge in [-0.2, -0.15) is 0 Å². The average Bonchev–Trinajstić information content (AvgIpc) is 3.39. The second-order valence-corrected chi connectivity index (χ2v) is 6.69. The van der Waals surface area contributed by atoms with Gasteiger partial charge in [-0.1, -0.05) is 23.9 Å². The summed E-state index contributed by atoms with van der Waals surface area (Å²) in [5.41, 5.74) is 0.844. The molecule has 3 rings (SSSR count). The fourth-order valence-electron chi connectivity index (χ4n) is 2.74. The molecule has 1 N–H and O–H groups in total. The Bertz CT molecular complexity index is 924. The Balaban J connectivity index is 1.60.